The summed E-state index contributed by atoms with van der Waals surface area (Å²) in [5, 5.41) is 25.0. The maximum atomic E-state index is 11.9. The van der Waals surface area contributed by atoms with E-state index in [2.05, 4.69) is 15.5 Å². The number of phenols is 1. The molecule has 130 valence electrons. The van der Waals surface area contributed by atoms with Crippen molar-refractivity contribution in [3.8, 4) is 5.75 Å². The van der Waals surface area contributed by atoms with Crippen LogP contribution < -0.4 is 5.43 Å². The molecule has 0 radical (unpaired) electrons. The summed E-state index contributed by atoms with van der Waals surface area (Å²) in [6, 6.07) is 14.3. The zero-order valence-electron chi connectivity index (χ0n) is 13.5. The van der Waals surface area contributed by atoms with Gasteiger partial charge in [-0.15, -0.1) is 0 Å². The number of phenolic OH excluding ortho intramolecular Hbond substituents is 1. The normalized spacial score (nSPS) is 10.9. The fourth-order valence-electron chi connectivity index (χ4n) is 2.35. The van der Waals surface area contributed by atoms with Gasteiger partial charge in [0.2, 0.25) is 5.91 Å². The number of hydrazone groups is 1. The highest BCUT2D eigenvalue weighted by molar-refractivity contribution is 5.89. The smallest absolute Gasteiger partial charge is 0.269 e. The maximum absolute atomic E-state index is 11.9. The first-order chi connectivity index (χ1) is 12.5. The number of nitrogens with zero attached hydrogens (tertiary/aromatic N) is 3. The number of hydrogen-bond acceptors (Lipinski definition) is 6. The summed E-state index contributed by atoms with van der Waals surface area (Å²) in [5.74, 6) is -0.293. The number of hydrogen-bond donors (Lipinski definition) is 2. The molecular formula is C18H14N4O4. The first-order valence-corrected chi connectivity index (χ1v) is 7.67. The van der Waals surface area contributed by atoms with Crippen molar-refractivity contribution in [1.29, 1.82) is 0 Å². The van der Waals surface area contributed by atoms with Crippen molar-refractivity contribution in [2.45, 2.75) is 6.42 Å². The lowest BCUT2D eigenvalue weighted by molar-refractivity contribution is -0.384. The number of nitrogens with one attached hydrogen (secondary N) is 1. The Labute approximate surface area is 148 Å². The molecule has 3 rings (SSSR count). The molecule has 1 amide bonds. The summed E-state index contributed by atoms with van der Waals surface area (Å²) in [6.07, 6.45) is 1.42. The molecule has 0 saturated carbocycles. The monoisotopic (exact) mass is 350 g/mol. The van der Waals surface area contributed by atoms with Crippen molar-refractivity contribution < 1.29 is 14.8 Å². The largest absolute Gasteiger partial charge is 0.506 e. The number of fused-ring (bicyclic) bond motifs is 1. The number of rotatable bonds is 5. The van der Waals surface area contributed by atoms with Gasteiger partial charge >= 0.3 is 0 Å². The van der Waals surface area contributed by atoms with E-state index in [0.29, 0.717) is 16.8 Å². The van der Waals surface area contributed by atoms with Crippen LogP contribution in [0, 0.1) is 10.1 Å². The van der Waals surface area contributed by atoms with Gasteiger partial charge in [0.1, 0.15) is 11.3 Å². The van der Waals surface area contributed by atoms with E-state index in [1.165, 1.54) is 30.5 Å². The number of carbonyl (C=O) groups is 1. The molecule has 0 fully saturated rings. The van der Waals surface area contributed by atoms with Gasteiger partial charge in [0.25, 0.3) is 5.69 Å². The van der Waals surface area contributed by atoms with Crippen molar-refractivity contribution >= 4 is 28.7 Å². The SMILES string of the molecule is O=C(Cc1ccc([N+](=O)[O-])cc1)N/N=C\c1ccc2cccc(O)c2n1. The number of para-hydroxylation sites is 1. The van der Waals surface area contributed by atoms with Gasteiger partial charge < -0.3 is 5.11 Å². The molecule has 1 heterocycles. The summed E-state index contributed by atoms with van der Waals surface area (Å²) in [6.45, 7) is 0. The van der Waals surface area contributed by atoms with E-state index in [9.17, 15) is 20.0 Å². The molecule has 2 N–H and O–H groups in total. The number of aromatic hydroxyl groups is 1. The molecule has 8 nitrogen and oxygen atoms in total. The Hall–Kier alpha value is -3.81. The second-order valence-corrected chi connectivity index (χ2v) is 5.48. The molecule has 26 heavy (non-hydrogen) atoms. The van der Waals surface area contributed by atoms with Crippen LogP contribution in [0.3, 0.4) is 0 Å². The summed E-state index contributed by atoms with van der Waals surface area (Å²) in [5.41, 5.74) is 3.91. The Morgan fingerprint density at radius 2 is 1.96 bits per heavy atom. The molecule has 0 spiro atoms. The minimum absolute atomic E-state index is 0.0298. The number of benzene rings is 2. The van der Waals surface area contributed by atoms with E-state index in [-0.39, 0.29) is 23.8 Å². The van der Waals surface area contributed by atoms with Crippen LogP contribution in [0.25, 0.3) is 10.9 Å². The predicted molar refractivity (Wildman–Crippen MR) is 95.9 cm³/mol. The molecule has 0 bridgehead atoms. The van der Waals surface area contributed by atoms with E-state index in [1.54, 1.807) is 24.3 Å². The van der Waals surface area contributed by atoms with Gasteiger partial charge in [0.05, 0.1) is 23.3 Å². The molecule has 1 aromatic heterocycles. The number of pyridine rings is 1. The highest BCUT2D eigenvalue weighted by Crippen LogP contribution is 2.21. The third kappa shape index (κ3) is 3.99. The van der Waals surface area contributed by atoms with Crippen LogP contribution in [0.1, 0.15) is 11.3 Å². The minimum atomic E-state index is -0.498. The first-order valence-electron chi connectivity index (χ1n) is 7.67. The lowest BCUT2D eigenvalue weighted by Gasteiger charge is -2.02. The fourth-order valence-corrected chi connectivity index (χ4v) is 2.35. The zero-order chi connectivity index (χ0) is 18.5. The Bertz CT molecular complexity index is 1000. The number of amides is 1. The highest BCUT2D eigenvalue weighted by Gasteiger charge is 2.07. The molecule has 2 aromatic carbocycles. The second kappa shape index (κ2) is 7.39. The molecule has 0 saturated heterocycles. The number of carbonyl (C=O) groups excluding carboxylic acids is 1. The average molecular weight is 350 g/mol. The quantitative estimate of drug-likeness (QED) is 0.416. The van der Waals surface area contributed by atoms with E-state index < -0.39 is 4.92 Å². The molecule has 0 aliphatic heterocycles. The lowest BCUT2D eigenvalue weighted by Crippen LogP contribution is -2.19. The number of non-ortho nitro benzene ring substituents is 1. The van der Waals surface area contributed by atoms with Crippen molar-refractivity contribution in [1.82, 2.24) is 10.4 Å². The molecule has 0 unspecified atom stereocenters. The van der Waals surface area contributed by atoms with Crippen molar-refractivity contribution in [3.63, 3.8) is 0 Å². The third-order valence-electron chi connectivity index (χ3n) is 3.62. The van der Waals surface area contributed by atoms with E-state index >= 15 is 0 Å². The van der Waals surface area contributed by atoms with Crippen LogP contribution in [0.2, 0.25) is 0 Å². The van der Waals surface area contributed by atoms with Crippen molar-refractivity contribution in [2.24, 2.45) is 5.10 Å². The van der Waals surface area contributed by atoms with E-state index in [4.69, 9.17) is 0 Å². The van der Waals surface area contributed by atoms with Crippen molar-refractivity contribution in [3.05, 3.63) is 76.0 Å². The van der Waals surface area contributed by atoms with Crippen LogP contribution >= 0.6 is 0 Å². The number of nitro benzene ring substituents is 1. The molecule has 8 heteroatoms. The van der Waals surface area contributed by atoms with Crippen LogP contribution in [-0.2, 0) is 11.2 Å². The van der Waals surface area contributed by atoms with Crippen LogP contribution in [-0.4, -0.2) is 27.1 Å². The topological polar surface area (TPSA) is 118 Å². The minimum Gasteiger partial charge on any atom is -0.506 e. The van der Waals surface area contributed by atoms with Crippen LogP contribution in [0.15, 0.2) is 59.7 Å². The predicted octanol–water partition coefficient (Wildman–Crippen LogP) is 2.54. The third-order valence-corrected chi connectivity index (χ3v) is 3.62. The van der Waals surface area contributed by atoms with E-state index in [0.717, 1.165) is 5.39 Å². The van der Waals surface area contributed by atoms with Gasteiger partial charge in [-0.3, -0.25) is 14.9 Å². The van der Waals surface area contributed by atoms with E-state index in [1.807, 2.05) is 6.07 Å². The maximum Gasteiger partial charge on any atom is 0.269 e. The number of nitro groups is 1. The van der Waals surface area contributed by atoms with Crippen LogP contribution in [0.5, 0.6) is 5.75 Å². The van der Waals surface area contributed by atoms with Gasteiger partial charge in [-0.05, 0) is 17.7 Å². The van der Waals surface area contributed by atoms with Gasteiger partial charge in [0.15, 0.2) is 0 Å². The Balaban J connectivity index is 1.62. The summed E-state index contributed by atoms with van der Waals surface area (Å²) in [4.78, 5) is 26.2. The molecular weight excluding hydrogens is 336 g/mol. The van der Waals surface area contributed by atoms with Gasteiger partial charge in [0, 0.05) is 17.5 Å². The average Bonchev–Trinajstić information content (AvgIpc) is 2.63. The summed E-state index contributed by atoms with van der Waals surface area (Å²) >= 11 is 0. The fraction of sp³-hybridized carbons (Fsp3) is 0.0556. The van der Waals surface area contributed by atoms with Gasteiger partial charge in [-0.25, -0.2) is 10.4 Å². The van der Waals surface area contributed by atoms with Crippen molar-refractivity contribution in [2.75, 3.05) is 0 Å². The molecule has 0 aliphatic rings. The Morgan fingerprint density at radius 3 is 2.69 bits per heavy atom. The standard InChI is InChI=1S/C18H14N4O4/c23-16-3-1-2-13-6-7-14(20-18(13)16)11-19-21-17(24)10-12-4-8-15(9-5-12)22(25)26/h1-9,11,23H,10H2,(H,21,24)/b19-11-. The zero-order valence-corrected chi connectivity index (χ0v) is 13.5. The first kappa shape index (κ1) is 17.0. The number of aromatic nitrogens is 1. The summed E-state index contributed by atoms with van der Waals surface area (Å²) < 4.78 is 0. The second-order valence-electron chi connectivity index (χ2n) is 5.48. The molecule has 3 aromatic rings. The van der Waals surface area contributed by atoms with Gasteiger partial charge in [-0.1, -0.05) is 30.3 Å². The highest BCUT2D eigenvalue weighted by atomic mass is 16.6. The Kier molecular flexibility index (Phi) is 4.84. The van der Waals surface area contributed by atoms with Gasteiger partial charge in [-0.2, -0.15) is 5.10 Å². The Morgan fingerprint density at radius 1 is 1.19 bits per heavy atom. The molecule has 0 aliphatic carbocycles. The molecule has 0 atom stereocenters. The summed E-state index contributed by atoms with van der Waals surface area (Å²) in [7, 11) is 0. The van der Waals surface area contributed by atoms with Crippen LogP contribution in [0.4, 0.5) is 5.69 Å². The lowest BCUT2D eigenvalue weighted by atomic mass is 10.1.